The molecule has 1 saturated heterocycles. The Labute approximate surface area is 134 Å². The SMILES string of the molecule is COc1ccc(-c2cnc(N3CCOCC3)c3nccn23)cc1. The van der Waals surface area contributed by atoms with Crippen molar-refractivity contribution < 1.29 is 9.47 Å². The van der Waals surface area contributed by atoms with Crippen LogP contribution in [0.15, 0.2) is 42.9 Å². The fraction of sp³-hybridized carbons (Fsp3) is 0.294. The first-order valence-corrected chi connectivity index (χ1v) is 7.66. The van der Waals surface area contributed by atoms with E-state index in [-0.39, 0.29) is 0 Å². The predicted octanol–water partition coefficient (Wildman–Crippen LogP) is 2.24. The molecule has 23 heavy (non-hydrogen) atoms. The lowest BCUT2D eigenvalue weighted by Crippen LogP contribution is -2.37. The quantitative estimate of drug-likeness (QED) is 0.742. The van der Waals surface area contributed by atoms with Crippen molar-refractivity contribution in [1.29, 1.82) is 0 Å². The second-order valence-corrected chi connectivity index (χ2v) is 5.42. The lowest BCUT2D eigenvalue weighted by atomic mass is 10.1. The molecule has 0 amide bonds. The first-order chi connectivity index (χ1) is 11.4. The Morgan fingerprint density at radius 3 is 2.61 bits per heavy atom. The van der Waals surface area contributed by atoms with E-state index in [1.165, 1.54) is 0 Å². The van der Waals surface area contributed by atoms with E-state index in [1.54, 1.807) is 7.11 Å². The van der Waals surface area contributed by atoms with E-state index in [2.05, 4.69) is 19.3 Å². The topological polar surface area (TPSA) is 51.9 Å². The van der Waals surface area contributed by atoms with Crippen LogP contribution >= 0.6 is 0 Å². The molecule has 1 aliphatic heterocycles. The van der Waals surface area contributed by atoms with Crippen molar-refractivity contribution in [2.75, 3.05) is 38.3 Å². The highest BCUT2D eigenvalue weighted by Crippen LogP contribution is 2.26. The van der Waals surface area contributed by atoms with Gasteiger partial charge in [0.2, 0.25) is 0 Å². The van der Waals surface area contributed by atoms with Gasteiger partial charge < -0.3 is 14.4 Å². The van der Waals surface area contributed by atoms with Gasteiger partial charge in [0.05, 0.1) is 32.2 Å². The highest BCUT2D eigenvalue weighted by Gasteiger charge is 2.18. The van der Waals surface area contributed by atoms with Crippen LogP contribution in [0.3, 0.4) is 0 Å². The van der Waals surface area contributed by atoms with Gasteiger partial charge in [-0.25, -0.2) is 9.97 Å². The largest absolute Gasteiger partial charge is 0.497 e. The number of morpholine rings is 1. The van der Waals surface area contributed by atoms with Crippen molar-refractivity contribution in [3.63, 3.8) is 0 Å². The molecule has 0 aliphatic carbocycles. The number of imidazole rings is 1. The zero-order valence-corrected chi connectivity index (χ0v) is 13.0. The standard InChI is InChI=1S/C17H18N4O2/c1-22-14-4-2-13(3-5-14)15-12-19-16(17-18-6-7-21(15)17)20-8-10-23-11-9-20/h2-7,12H,8-11H2,1H3. The van der Waals surface area contributed by atoms with E-state index in [1.807, 2.05) is 42.9 Å². The van der Waals surface area contributed by atoms with Gasteiger partial charge in [0.15, 0.2) is 11.5 Å². The molecule has 0 bridgehead atoms. The van der Waals surface area contributed by atoms with Crippen molar-refractivity contribution in [2.24, 2.45) is 0 Å². The highest BCUT2D eigenvalue weighted by molar-refractivity contribution is 5.71. The predicted molar refractivity (Wildman–Crippen MR) is 88.0 cm³/mol. The summed E-state index contributed by atoms with van der Waals surface area (Å²) in [5, 5.41) is 0. The maximum Gasteiger partial charge on any atom is 0.180 e. The van der Waals surface area contributed by atoms with E-state index in [0.29, 0.717) is 0 Å². The zero-order chi connectivity index (χ0) is 15.6. The van der Waals surface area contributed by atoms with Crippen LogP contribution in [-0.2, 0) is 4.74 Å². The summed E-state index contributed by atoms with van der Waals surface area (Å²) in [7, 11) is 1.67. The van der Waals surface area contributed by atoms with Crippen LogP contribution in [0.5, 0.6) is 5.75 Å². The van der Waals surface area contributed by atoms with Gasteiger partial charge in [0.25, 0.3) is 0 Å². The van der Waals surface area contributed by atoms with Crippen LogP contribution in [0.2, 0.25) is 0 Å². The summed E-state index contributed by atoms with van der Waals surface area (Å²) in [6, 6.07) is 7.97. The average Bonchev–Trinajstić information content (AvgIpc) is 3.11. The van der Waals surface area contributed by atoms with Crippen molar-refractivity contribution >= 4 is 11.5 Å². The Morgan fingerprint density at radius 1 is 1.09 bits per heavy atom. The Bertz CT molecular complexity index is 807. The number of benzene rings is 1. The number of hydrogen-bond acceptors (Lipinski definition) is 5. The molecular formula is C17H18N4O2. The molecule has 3 heterocycles. The molecule has 2 aromatic heterocycles. The molecule has 6 heteroatoms. The van der Waals surface area contributed by atoms with Gasteiger partial charge in [0.1, 0.15) is 5.75 Å². The van der Waals surface area contributed by atoms with Gasteiger partial charge in [-0.1, -0.05) is 0 Å². The molecule has 1 aliphatic rings. The molecule has 0 N–H and O–H groups in total. The van der Waals surface area contributed by atoms with Crippen molar-refractivity contribution in [2.45, 2.75) is 0 Å². The van der Waals surface area contributed by atoms with Crippen LogP contribution < -0.4 is 9.64 Å². The summed E-state index contributed by atoms with van der Waals surface area (Å²) >= 11 is 0. The van der Waals surface area contributed by atoms with Gasteiger partial charge >= 0.3 is 0 Å². The van der Waals surface area contributed by atoms with Gasteiger partial charge in [-0.15, -0.1) is 0 Å². The third-order valence-corrected chi connectivity index (χ3v) is 4.11. The van der Waals surface area contributed by atoms with Crippen LogP contribution in [0.25, 0.3) is 16.9 Å². The van der Waals surface area contributed by atoms with E-state index >= 15 is 0 Å². The number of nitrogens with zero attached hydrogens (tertiary/aromatic N) is 4. The van der Waals surface area contributed by atoms with Gasteiger partial charge in [-0.3, -0.25) is 4.40 Å². The number of aromatic nitrogens is 3. The molecule has 118 valence electrons. The molecule has 6 nitrogen and oxygen atoms in total. The van der Waals surface area contributed by atoms with E-state index in [9.17, 15) is 0 Å². The van der Waals surface area contributed by atoms with Crippen LogP contribution in [0.1, 0.15) is 0 Å². The number of anilines is 1. The van der Waals surface area contributed by atoms with Crippen molar-refractivity contribution in [3.8, 4) is 17.0 Å². The number of rotatable bonds is 3. The lowest BCUT2D eigenvalue weighted by Gasteiger charge is -2.28. The molecule has 0 atom stereocenters. The maximum atomic E-state index is 5.42. The van der Waals surface area contributed by atoms with E-state index in [0.717, 1.165) is 54.8 Å². The minimum Gasteiger partial charge on any atom is -0.497 e. The summed E-state index contributed by atoms with van der Waals surface area (Å²) < 4.78 is 12.7. The second-order valence-electron chi connectivity index (χ2n) is 5.42. The Kier molecular flexibility index (Phi) is 3.59. The molecule has 4 rings (SSSR count). The van der Waals surface area contributed by atoms with Gasteiger partial charge in [-0.05, 0) is 24.3 Å². The number of ether oxygens (including phenoxy) is 2. The van der Waals surface area contributed by atoms with E-state index in [4.69, 9.17) is 9.47 Å². The maximum absolute atomic E-state index is 5.42. The van der Waals surface area contributed by atoms with Crippen LogP contribution in [-0.4, -0.2) is 47.8 Å². The number of fused-ring (bicyclic) bond motifs is 1. The average molecular weight is 310 g/mol. The molecule has 1 fully saturated rings. The lowest BCUT2D eigenvalue weighted by molar-refractivity contribution is 0.122. The monoisotopic (exact) mass is 310 g/mol. The molecule has 0 saturated carbocycles. The Morgan fingerprint density at radius 2 is 1.87 bits per heavy atom. The molecule has 0 radical (unpaired) electrons. The summed E-state index contributed by atoms with van der Waals surface area (Å²) in [5.41, 5.74) is 2.97. The summed E-state index contributed by atoms with van der Waals surface area (Å²) in [6.07, 6.45) is 5.69. The van der Waals surface area contributed by atoms with Crippen LogP contribution in [0, 0.1) is 0 Å². The number of hydrogen-bond donors (Lipinski definition) is 0. The fourth-order valence-electron chi connectivity index (χ4n) is 2.88. The Hall–Kier alpha value is -2.60. The van der Waals surface area contributed by atoms with Crippen molar-refractivity contribution in [3.05, 3.63) is 42.9 Å². The summed E-state index contributed by atoms with van der Waals surface area (Å²) in [4.78, 5) is 11.4. The molecule has 0 unspecified atom stereocenters. The Balaban J connectivity index is 1.78. The normalized spacial score (nSPS) is 15.1. The molecule has 0 spiro atoms. The minimum absolute atomic E-state index is 0.731. The third kappa shape index (κ3) is 2.51. The third-order valence-electron chi connectivity index (χ3n) is 4.11. The second kappa shape index (κ2) is 5.89. The first kappa shape index (κ1) is 14.0. The zero-order valence-electron chi connectivity index (χ0n) is 13.0. The van der Waals surface area contributed by atoms with Gasteiger partial charge in [0, 0.05) is 31.0 Å². The minimum atomic E-state index is 0.731. The first-order valence-electron chi connectivity index (χ1n) is 7.66. The fourth-order valence-corrected chi connectivity index (χ4v) is 2.88. The smallest absolute Gasteiger partial charge is 0.180 e. The number of methoxy groups -OCH3 is 1. The van der Waals surface area contributed by atoms with Crippen LogP contribution in [0.4, 0.5) is 5.82 Å². The summed E-state index contributed by atoms with van der Waals surface area (Å²) in [5.74, 6) is 1.75. The molecule has 1 aromatic carbocycles. The van der Waals surface area contributed by atoms with Gasteiger partial charge in [-0.2, -0.15) is 0 Å². The molecular weight excluding hydrogens is 292 g/mol. The highest BCUT2D eigenvalue weighted by atomic mass is 16.5. The van der Waals surface area contributed by atoms with E-state index < -0.39 is 0 Å². The summed E-state index contributed by atoms with van der Waals surface area (Å²) in [6.45, 7) is 3.15. The molecule has 3 aromatic rings. The van der Waals surface area contributed by atoms with Crippen molar-refractivity contribution in [1.82, 2.24) is 14.4 Å².